The second-order valence-corrected chi connectivity index (χ2v) is 4.74. The van der Waals surface area contributed by atoms with E-state index in [0.29, 0.717) is 6.42 Å². The standard InChI is InChI=1S/C16H19NO/c1-12-6-7-13(2)15(11-12)16(18)9-8-14-5-3-4-10-17-14/h3-7,10-11,16,18H,8-9H2,1-2H3. The molecule has 1 aromatic heterocycles. The van der Waals surface area contributed by atoms with Crippen molar-refractivity contribution >= 4 is 0 Å². The summed E-state index contributed by atoms with van der Waals surface area (Å²) in [7, 11) is 0. The highest BCUT2D eigenvalue weighted by Gasteiger charge is 2.10. The van der Waals surface area contributed by atoms with E-state index in [1.807, 2.05) is 25.1 Å². The van der Waals surface area contributed by atoms with Gasteiger partial charge in [-0.05, 0) is 49.9 Å². The minimum absolute atomic E-state index is 0.410. The van der Waals surface area contributed by atoms with Gasteiger partial charge in [-0.25, -0.2) is 0 Å². The smallest absolute Gasteiger partial charge is 0.0796 e. The number of aryl methyl sites for hydroxylation is 3. The SMILES string of the molecule is Cc1ccc(C)c(C(O)CCc2ccccn2)c1. The van der Waals surface area contributed by atoms with Gasteiger partial charge in [-0.3, -0.25) is 4.98 Å². The fourth-order valence-corrected chi connectivity index (χ4v) is 2.11. The van der Waals surface area contributed by atoms with E-state index < -0.39 is 6.10 Å². The maximum atomic E-state index is 10.3. The summed E-state index contributed by atoms with van der Waals surface area (Å²) in [5.74, 6) is 0. The van der Waals surface area contributed by atoms with Crippen LogP contribution in [0.4, 0.5) is 0 Å². The highest BCUT2D eigenvalue weighted by atomic mass is 16.3. The number of rotatable bonds is 4. The van der Waals surface area contributed by atoms with Crippen LogP contribution in [0, 0.1) is 13.8 Å². The predicted octanol–water partition coefficient (Wildman–Crippen LogP) is 3.36. The molecule has 18 heavy (non-hydrogen) atoms. The maximum Gasteiger partial charge on any atom is 0.0796 e. The van der Waals surface area contributed by atoms with Gasteiger partial charge in [0.1, 0.15) is 0 Å². The first-order chi connectivity index (χ1) is 8.66. The van der Waals surface area contributed by atoms with Crippen LogP contribution in [0.15, 0.2) is 42.6 Å². The van der Waals surface area contributed by atoms with Crippen LogP contribution in [0.25, 0.3) is 0 Å². The van der Waals surface area contributed by atoms with Crippen LogP contribution in [-0.4, -0.2) is 10.1 Å². The zero-order valence-corrected chi connectivity index (χ0v) is 10.9. The van der Waals surface area contributed by atoms with E-state index in [2.05, 4.69) is 30.1 Å². The number of nitrogens with zero attached hydrogens (tertiary/aromatic N) is 1. The Labute approximate surface area is 108 Å². The van der Waals surface area contributed by atoms with Crippen LogP contribution in [0.1, 0.15) is 34.9 Å². The Morgan fingerprint density at radius 2 is 2.00 bits per heavy atom. The van der Waals surface area contributed by atoms with Crippen LogP contribution >= 0.6 is 0 Å². The van der Waals surface area contributed by atoms with Crippen molar-refractivity contribution in [2.24, 2.45) is 0 Å². The molecule has 2 heteroatoms. The minimum atomic E-state index is -0.410. The third-order valence-electron chi connectivity index (χ3n) is 3.19. The zero-order valence-electron chi connectivity index (χ0n) is 10.9. The predicted molar refractivity (Wildman–Crippen MR) is 73.4 cm³/mol. The first-order valence-electron chi connectivity index (χ1n) is 6.32. The molecule has 0 bridgehead atoms. The van der Waals surface area contributed by atoms with Crippen LogP contribution in [0.5, 0.6) is 0 Å². The van der Waals surface area contributed by atoms with Crippen molar-refractivity contribution in [3.8, 4) is 0 Å². The van der Waals surface area contributed by atoms with Crippen molar-refractivity contribution in [3.05, 3.63) is 65.0 Å². The lowest BCUT2D eigenvalue weighted by Gasteiger charge is -2.14. The zero-order chi connectivity index (χ0) is 13.0. The van der Waals surface area contributed by atoms with E-state index in [0.717, 1.165) is 23.2 Å². The van der Waals surface area contributed by atoms with Crippen molar-refractivity contribution in [1.82, 2.24) is 4.98 Å². The summed E-state index contributed by atoms with van der Waals surface area (Å²) < 4.78 is 0. The number of pyridine rings is 1. The van der Waals surface area contributed by atoms with E-state index in [1.165, 1.54) is 5.56 Å². The first kappa shape index (κ1) is 12.8. The Kier molecular flexibility index (Phi) is 4.11. The molecule has 2 nitrogen and oxygen atoms in total. The van der Waals surface area contributed by atoms with Gasteiger partial charge in [0.15, 0.2) is 0 Å². The summed E-state index contributed by atoms with van der Waals surface area (Å²) in [6, 6.07) is 12.1. The second-order valence-electron chi connectivity index (χ2n) is 4.74. The average Bonchev–Trinajstić information content (AvgIpc) is 2.40. The third-order valence-corrected chi connectivity index (χ3v) is 3.19. The summed E-state index contributed by atoms with van der Waals surface area (Å²) in [6.45, 7) is 4.09. The molecule has 0 amide bonds. The summed E-state index contributed by atoms with van der Waals surface area (Å²) >= 11 is 0. The summed E-state index contributed by atoms with van der Waals surface area (Å²) in [4.78, 5) is 4.27. The van der Waals surface area contributed by atoms with Crippen molar-refractivity contribution < 1.29 is 5.11 Å². The fourth-order valence-electron chi connectivity index (χ4n) is 2.11. The van der Waals surface area contributed by atoms with Gasteiger partial charge < -0.3 is 5.11 Å². The van der Waals surface area contributed by atoms with Crippen molar-refractivity contribution in [2.45, 2.75) is 32.8 Å². The highest BCUT2D eigenvalue weighted by Crippen LogP contribution is 2.23. The Morgan fingerprint density at radius 3 is 2.72 bits per heavy atom. The molecule has 0 fully saturated rings. The molecule has 2 rings (SSSR count). The van der Waals surface area contributed by atoms with Crippen molar-refractivity contribution in [2.75, 3.05) is 0 Å². The molecule has 1 unspecified atom stereocenters. The van der Waals surface area contributed by atoms with Gasteiger partial charge in [0, 0.05) is 11.9 Å². The number of aliphatic hydroxyl groups excluding tert-OH is 1. The lowest BCUT2D eigenvalue weighted by Crippen LogP contribution is -2.03. The van der Waals surface area contributed by atoms with Crippen molar-refractivity contribution in [1.29, 1.82) is 0 Å². The Morgan fingerprint density at radius 1 is 1.17 bits per heavy atom. The topological polar surface area (TPSA) is 33.1 Å². The number of aliphatic hydroxyl groups is 1. The second kappa shape index (κ2) is 5.78. The molecule has 1 aromatic carbocycles. The van der Waals surface area contributed by atoms with Crippen LogP contribution in [0.3, 0.4) is 0 Å². The van der Waals surface area contributed by atoms with Gasteiger partial charge in [-0.1, -0.05) is 29.8 Å². The maximum absolute atomic E-state index is 10.3. The molecule has 0 aliphatic rings. The molecule has 0 aliphatic heterocycles. The van der Waals surface area contributed by atoms with E-state index in [4.69, 9.17) is 0 Å². The minimum Gasteiger partial charge on any atom is -0.388 e. The van der Waals surface area contributed by atoms with Crippen molar-refractivity contribution in [3.63, 3.8) is 0 Å². The summed E-state index contributed by atoms with van der Waals surface area (Å²) in [5, 5.41) is 10.3. The number of hydrogen-bond acceptors (Lipinski definition) is 2. The third kappa shape index (κ3) is 3.17. The molecule has 2 aromatic rings. The van der Waals surface area contributed by atoms with Gasteiger partial charge in [-0.15, -0.1) is 0 Å². The number of benzene rings is 1. The molecule has 0 radical (unpaired) electrons. The monoisotopic (exact) mass is 241 g/mol. The van der Waals surface area contributed by atoms with E-state index in [-0.39, 0.29) is 0 Å². The summed E-state index contributed by atoms with van der Waals surface area (Å²) in [6.07, 6.45) is 2.89. The Bertz CT molecular complexity index is 508. The number of hydrogen-bond donors (Lipinski definition) is 1. The molecular weight excluding hydrogens is 222 g/mol. The fraction of sp³-hybridized carbons (Fsp3) is 0.312. The van der Waals surface area contributed by atoms with Crippen LogP contribution < -0.4 is 0 Å². The van der Waals surface area contributed by atoms with E-state index in [1.54, 1.807) is 6.20 Å². The average molecular weight is 241 g/mol. The molecule has 1 N–H and O–H groups in total. The molecule has 0 spiro atoms. The molecule has 0 aliphatic carbocycles. The molecule has 1 atom stereocenters. The van der Waals surface area contributed by atoms with Gasteiger partial charge >= 0.3 is 0 Å². The quantitative estimate of drug-likeness (QED) is 0.890. The molecule has 94 valence electrons. The van der Waals surface area contributed by atoms with E-state index in [9.17, 15) is 5.11 Å². The molecule has 0 saturated heterocycles. The lowest BCUT2D eigenvalue weighted by molar-refractivity contribution is 0.166. The van der Waals surface area contributed by atoms with Gasteiger partial charge in [0.25, 0.3) is 0 Å². The summed E-state index contributed by atoms with van der Waals surface area (Å²) in [5.41, 5.74) is 4.40. The Hall–Kier alpha value is -1.67. The first-order valence-corrected chi connectivity index (χ1v) is 6.32. The molecular formula is C16H19NO. The molecule has 0 saturated carbocycles. The largest absolute Gasteiger partial charge is 0.388 e. The Balaban J connectivity index is 2.03. The normalized spacial score (nSPS) is 12.4. The van der Waals surface area contributed by atoms with Gasteiger partial charge in [0.05, 0.1) is 6.10 Å². The molecule has 1 heterocycles. The van der Waals surface area contributed by atoms with E-state index >= 15 is 0 Å². The van der Waals surface area contributed by atoms with Gasteiger partial charge in [-0.2, -0.15) is 0 Å². The number of aromatic nitrogens is 1. The highest BCUT2D eigenvalue weighted by molar-refractivity contribution is 5.32. The van der Waals surface area contributed by atoms with Crippen LogP contribution in [-0.2, 0) is 6.42 Å². The lowest BCUT2D eigenvalue weighted by atomic mass is 9.97. The van der Waals surface area contributed by atoms with Crippen LogP contribution in [0.2, 0.25) is 0 Å². The van der Waals surface area contributed by atoms with Gasteiger partial charge in [0.2, 0.25) is 0 Å².